The van der Waals surface area contributed by atoms with Crippen molar-refractivity contribution in [2.24, 2.45) is 5.92 Å². The maximum absolute atomic E-state index is 12.9. The molecule has 2 atom stereocenters. The van der Waals surface area contributed by atoms with Crippen molar-refractivity contribution in [3.63, 3.8) is 0 Å². The first-order valence-electron chi connectivity index (χ1n) is 8.06. The number of para-hydroxylation sites is 1. The van der Waals surface area contributed by atoms with Crippen LogP contribution in [0.4, 0.5) is 0 Å². The van der Waals surface area contributed by atoms with Crippen molar-refractivity contribution in [1.82, 2.24) is 0 Å². The monoisotopic (exact) mass is 345 g/mol. The largest absolute Gasteiger partial charge is 1.00 e. The molecule has 0 aromatic heterocycles. The smallest absolute Gasteiger partial charge is 0.425 e. The van der Waals surface area contributed by atoms with E-state index in [0.29, 0.717) is 24.0 Å². The molecule has 0 aliphatic carbocycles. The van der Waals surface area contributed by atoms with Crippen LogP contribution in [0.25, 0.3) is 0 Å². The van der Waals surface area contributed by atoms with Crippen LogP contribution in [0.15, 0.2) is 54.6 Å². The average Bonchev–Trinajstić information content (AvgIpc) is 2.59. The summed E-state index contributed by atoms with van der Waals surface area (Å²) in [6, 6.07) is 15.6. The zero-order valence-corrected chi connectivity index (χ0v) is 16.4. The van der Waals surface area contributed by atoms with Gasteiger partial charge in [-0.15, -0.1) is 0 Å². The number of carbonyl (C=O) groups excluding carboxylic acids is 3. The van der Waals surface area contributed by atoms with E-state index in [0.717, 1.165) is 0 Å². The number of carbonyl (C=O) groups is 3. The van der Waals surface area contributed by atoms with E-state index in [4.69, 9.17) is 4.74 Å². The predicted octanol–water partition coefficient (Wildman–Crippen LogP) is 0.561. The van der Waals surface area contributed by atoms with E-state index in [9.17, 15) is 14.4 Å². The second-order valence-corrected chi connectivity index (χ2v) is 5.86. The van der Waals surface area contributed by atoms with Gasteiger partial charge in [0, 0.05) is 6.42 Å². The van der Waals surface area contributed by atoms with Crippen molar-refractivity contribution in [1.29, 1.82) is 0 Å². The summed E-state index contributed by atoms with van der Waals surface area (Å²) in [5, 5.41) is 0. The van der Waals surface area contributed by atoms with Crippen LogP contribution in [0, 0.1) is 5.92 Å². The Bertz CT molecular complexity index is 785. The maximum Gasteiger partial charge on any atom is 1.00 e. The molecule has 5 heteroatoms. The van der Waals surface area contributed by atoms with Crippen molar-refractivity contribution in [3.8, 4) is 5.75 Å². The fraction of sp³-hybridized carbons (Fsp3) is 0.250. The van der Waals surface area contributed by atoms with Gasteiger partial charge in [-0.2, -0.15) is 0 Å². The van der Waals surface area contributed by atoms with Gasteiger partial charge in [-0.3, -0.25) is 14.4 Å². The third-order valence-corrected chi connectivity index (χ3v) is 4.23. The molecule has 0 bridgehead atoms. The van der Waals surface area contributed by atoms with E-state index in [1.165, 1.54) is 0 Å². The average molecular weight is 345 g/mol. The second-order valence-electron chi connectivity index (χ2n) is 5.86. The number of benzene rings is 2. The van der Waals surface area contributed by atoms with Crippen LogP contribution in [-0.4, -0.2) is 17.5 Å². The molecule has 1 aliphatic heterocycles. The zero-order chi connectivity index (χ0) is 17.1. The summed E-state index contributed by atoms with van der Waals surface area (Å²) >= 11 is 0. The van der Waals surface area contributed by atoms with Crippen molar-refractivity contribution in [2.75, 3.05) is 0 Å². The van der Waals surface area contributed by atoms with E-state index >= 15 is 0 Å². The number of hydrogen-bond acceptors (Lipinski definition) is 4. The number of fused-ring (bicyclic) bond motifs is 1. The number of hydrogen-bond donors (Lipinski definition) is 0. The summed E-state index contributed by atoms with van der Waals surface area (Å²) in [5.41, 5.74) is 1.03. The summed E-state index contributed by atoms with van der Waals surface area (Å²) in [6.07, 6.45) is 0.979. The van der Waals surface area contributed by atoms with Gasteiger partial charge in [0.2, 0.25) is 0 Å². The fourth-order valence-corrected chi connectivity index (χ4v) is 3.12. The summed E-state index contributed by atoms with van der Waals surface area (Å²) in [5.74, 6) is -2.78. The van der Waals surface area contributed by atoms with Gasteiger partial charge in [-0.25, -0.2) is 0 Å². The van der Waals surface area contributed by atoms with Crippen LogP contribution < -0.4 is 34.3 Å². The molecule has 2 aromatic rings. The third-order valence-electron chi connectivity index (χ3n) is 4.23. The Morgan fingerprint density at radius 1 is 1.04 bits per heavy atom. The minimum atomic E-state index is -1.12. The first kappa shape index (κ1) is 19.6. The Kier molecular flexibility index (Phi) is 6.71. The van der Waals surface area contributed by atoms with Gasteiger partial charge >= 0.3 is 35.5 Å². The molecule has 2 unspecified atom stereocenters. The minimum Gasteiger partial charge on any atom is -0.425 e. The quantitative estimate of drug-likeness (QED) is 0.344. The van der Waals surface area contributed by atoms with Crippen LogP contribution in [0.2, 0.25) is 0 Å². The molecule has 1 aliphatic rings. The normalized spacial score (nSPS) is 17.1. The third kappa shape index (κ3) is 3.92. The Balaban J connectivity index is 0.00000225. The summed E-state index contributed by atoms with van der Waals surface area (Å²) in [6.45, 7) is 1.90. The Labute approximate surface area is 168 Å². The second kappa shape index (κ2) is 8.56. The fourth-order valence-electron chi connectivity index (χ4n) is 3.12. The molecule has 0 radical (unpaired) electrons. The number of rotatable bonds is 5. The standard InChI is InChI=1S/C20H18O4.Na/c1-2-8-15(21)17(13-9-4-3-5-10-13)18-19(22)14-11-6-7-12-16(14)24-20(18)23;/h3-7,9-12,17-18H,2,8H2,1H3;/q;+1. The topological polar surface area (TPSA) is 60.4 Å². The van der Waals surface area contributed by atoms with Crippen molar-refractivity contribution >= 4 is 17.5 Å². The first-order chi connectivity index (χ1) is 11.6. The number of esters is 1. The Morgan fingerprint density at radius 3 is 2.36 bits per heavy atom. The SMILES string of the molecule is CCCC(=O)C(c1ccccc1)C1C(=O)Oc2ccccc2C1=O.[Na+]. The van der Waals surface area contributed by atoms with E-state index in [1.807, 2.05) is 13.0 Å². The van der Waals surface area contributed by atoms with Crippen LogP contribution in [0.1, 0.15) is 41.6 Å². The molecule has 0 amide bonds. The molecule has 25 heavy (non-hydrogen) atoms. The molecular formula is C20H18NaO4+. The van der Waals surface area contributed by atoms with Crippen LogP contribution in [0.3, 0.4) is 0 Å². The van der Waals surface area contributed by atoms with Gasteiger partial charge in [0.25, 0.3) is 0 Å². The summed E-state index contributed by atoms with van der Waals surface area (Å²) < 4.78 is 5.33. The molecule has 1 heterocycles. The summed E-state index contributed by atoms with van der Waals surface area (Å²) in [4.78, 5) is 38.1. The Morgan fingerprint density at radius 2 is 1.68 bits per heavy atom. The molecule has 0 spiro atoms. The van der Waals surface area contributed by atoms with Gasteiger partial charge in [0.1, 0.15) is 17.5 Å². The van der Waals surface area contributed by atoms with E-state index in [2.05, 4.69) is 0 Å². The molecule has 0 saturated carbocycles. The molecular weight excluding hydrogens is 327 g/mol. The number of ketones is 2. The van der Waals surface area contributed by atoms with Crippen molar-refractivity contribution < 1.29 is 48.7 Å². The molecule has 4 nitrogen and oxygen atoms in total. The van der Waals surface area contributed by atoms with Gasteiger partial charge < -0.3 is 4.74 Å². The summed E-state index contributed by atoms with van der Waals surface area (Å²) in [7, 11) is 0. The van der Waals surface area contributed by atoms with Crippen LogP contribution >= 0.6 is 0 Å². The van der Waals surface area contributed by atoms with Gasteiger partial charge in [0.05, 0.1) is 11.5 Å². The zero-order valence-electron chi connectivity index (χ0n) is 14.4. The predicted molar refractivity (Wildman–Crippen MR) is 89.0 cm³/mol. The van der Waals surface area contributed by atoms with Gasteiger partial charge in [-0.05, 0) is 24.1 Å². The van der Waals surface area contributed by atoms with E-state index in [1.54, 1.807) is 48.5 Å². The van der Waals surface area contributed by atoms with Crippen molar-refractivity contribution in [2.45, 2.75) is 25.7 Å². The first-order valence-corrected chi connectivity index (χ1v) is 8.06. The van der Waals surface area contributed by atoms with E-state index in [-0.39, 0.29) is 46.9 Å². The minimum absolute atomic E-state index is 0. The number of Topliss-reactive ketones (excluding diaryl/α,β-unsaturated/α-hetero) is 2. The molecule has 3 rings (SSSR count). The molecule has 0 N–H and O–H groups in total. The molecule has 0 saturated heterocycles. The van der Waals surface area contributed by atoms with E-state index < -0.39 is 17.8 Å². The van der Waals surface area contributed by atoms with Crippen LogP contribution in [-0.2, 0) is 9.59 Å². The van der Waals surface area contributed by atoms with Gasteiger partial charge in [-0.1, -0.05) is 49.4 Å². The van der Waals surface area contributed by atoms with Crippen LogP contribution in [0.5, 0.6) is 5.75 Å². The molecule has 2 aromatic carbocycles. The molecule has 122 valence electrons. The molecule has 0 fully saturated rings. The van der Waals surface area contributed by atoms with Crippen molar-refractivity contribution in [3.05, 3.63) is 65.7 Å². The number of ether oxygens (including phenoxy) is 1. The maximum atomic E-state index is 12.9. The Hall–Kier alpha value is -1.75. The van der Waals surface area contributed by atoms with Gasteiger partial charge in [0.15, 0.2) is 5.78 Å².